The van der Waals surface area contributed by atoms with Gasteiger partial charge in [0.1, 0.15) is 17.3 Å². The van der Waals surface area contributed by atoms with Crippen molar-refractivity contribution in [3.63, 3.8) is 0 Å². The molecule has 1 saturated heterocycles. The molecule has 204 valence electrons. The molecule has 1 atom stereocenters. The molecule has 3 aromatic carbocycles. The van der Waals surface area contributed by atoms with Crippen LogP contribution < -0.4 is 9.47 Å². The van der Waals surface area contributed by atoms with Gasteiger partial charge >= 0.3 is 0 Å². The summed E-state index contributed by atoms with van der Waals surface area (Å²) in [5.74, 6) is -0.563. The first-order valence-corrected chi connectivity index (χ1v) is 13.5. The highest BCUT2D eigenvalue weighted by molar-refractivity contribution is 6.47. The Morgan fingerprint density at radius 2 is 1.49 bits per heavy atom. The Labute approximate surface area is 234 Å². The normalized spacial score (nSPS) is 17.0. The van der Waals surface area contributed by atoms with Crippen LogP contribution in [0.1, 0.15) is 62.9 Å². The van der Waals surface area contributed by atoms with Crippen LogP contribution in [0.2, 0.25) is 5.02 Å². The molecule has 0 aliphatic carbocycles. The molecule has 1 N–H and O–H groups in total. The molecule has 1 aliphatic rings. The Morgan fingerprint density at radius 3 is 2.08 bits per heavy atom. The van der Waals surface area contributed by atoms with Crippen molar-refractivity contribution in [2.45, 2.75) is 52.6 Å². The van der Waals surface area contributed by atoms with Crippen LogP contribution in [0.4, 0.5) is 0 Å². The smallest absolute Gasteiger partial charge is 0.295 e. The number of benzene rings is 3. The number of Topliss-reactive ketones (excluding diaryl/α,β-unsaturated/α-hetero) is 1. The van der Waals surface area contributed by atoms with E-state index >= 15 is 0 Å². The van der Waals surface area contributed by atoms with Crippen molar-refractivity contribution in [3.8, 4) is 11.5 Å². The third kappa shape index (κ3) is 5.96. The maximum Gasteiger partial charge on any atom is 0.295 e. The minimum absolute atomic E-state index is 0.00927. The highest BCUT2D eigenvalue weighted by Crippen LogP contribution is 2.42. The van der Waals surface area contributed by atoms with Gasteiger partial charge in [0.05, 0.1) is 29.9 Å². The number of carbonyl (C=O) groups is 2. The lowest BCUT2D eigenvalue weighted by atomic mass is 9.85. The maximum absolute atomic E-state index is 13.5. The molecule has 1 fully saturated rings. The fraction of sp³-hybridized carbons (Fsp3) is 0.312. The lowest BCUT2D eigenvalue weighted by molar-refractivity contribution is -0.140. The van der Waals surface area contributed by atoms with Crippen LogP contribution in [0.5, 0.6) is 11.5 Å². The van der Waals surface area contributed by atoms with Crippen LogP contribution in [0.3, 0.4) is 0 Å². The van der Waals surface area contributed by atoms with Gasteiger partial charge in [-0.3, -0.25) is 9.59 Å². The molecule has 1 unspecified atom stereocenters. The van der Waals surface area contributed by atoms with Crippen molar-refractivity contribution < 1.29 is 24.2 Å². The first kappa shape index (κ1) is 28.2. The Hall–Kier alpha value is -3.77. The van der Waals surface area contributed by atoms with Gasteiger partial charge in [0, 0.05) is 12.1 Å². The molecule has 0 spiro atoms. The number of ketones is 1. The van der Waals surface area contributed by atoms with E-state index < -0.39 is 17.7 Å². The van der Waals surface area contributed by atoms with E-state index in [2.05, 4.69) is 20.8 Å². The molecular formula is C32H34ClNO5. The second-order valence-electron chi connectivity index (χ2n) is 10.5. The van der Waals surface area contributed by atoms with E-state index in [0.717, 1.165) is 16.9 Å². The van der Waals surface area contributed by atoms with Gasteiger partial charge in [-0.2, -0.15) is 0 Å². The third-order valence-electron chi connectivity index (χ3n) is 6.72. The Morgan fingerprint density at radius 1 is 0.897 bits per heavy atom. The standard InChI is InChI=1S/C32H34ClNO5/c1-6-38-23-14-8-20(9-15-23)19-34-28(21-10-12-22(13-11-21)32(3,4)5)27(30(36)31(34)37)29(35)25-18-24(39-7-2)16-17-26(25)33/h8-18,28,35H,6-7,19H2,1-5H3/b29-27+. The van der Waals surface area contributed by atoms with E-state index in [0.29, 0.717) is 24.5 Å². The molecule has 4 rings (SSSR count). The number of hydrogen-bond acceptors (Lipinski definition) is 5. The number of amides is 1. The van der Waals surface area contributed by atoms with Crippen molar-refractivity contribution in [2.24, 2.45) is 0 Å². The Bertz CT molecular complexity index is 1390. The zero-order valence-electron chi connectivity index (χ0n) is 23.0. The number of aliphatic hydroxyl groups excluding tert-OH is 1. The van der Waals surface area contributed by atoms with Gasteiger partial charge in [-0.15, -0.1) is 0 Å². The maximum atomic E-state index is 13.5. The van der Waals surface area contributed by atoms with Gasteiger partial charge < -0.3 is 19.5 Å². The van der Waals surface area contributed by atoms with E-state index in [-0.39, 0.29) is 33.9 Å². The number of ether oxygens (including phenoxy) is 2. The fourth-order valence-electron chi connectivity index (χ4n) is 4.70. The molecule has 0 bridgehead atoms. The summed E-state index contributed by atoms with van der Waals surface area (Å²) in [6.45, 7) is 11.3. The fourth-order valence-corrected chi connectivity index (χ4v) is 4.90. The van der Waals surface area contributed by atoms with Crippen LogP contribution in [-0.4, -0.2) is 34.9 Å². The van der Waals surface area contributed by atoms with Crippen molar-refractivity contribution >= 4 is 29.1 Å². The largest absolute Gasteiger partial charge is 0.507 e. The number of hydrogen-bond donors (Lipinski definition) is 1. The van der Waals surface area contributed by atoms with E-state index in [9.17, 15) is 14.7 Å². The number of aliphatic hydroxyl groups is 1. The summed E-state index contributed by atoms with van der Waals surface area (Å²) in [4.78, 5) is 28.4. The highest BCUT2D eigenvalue weighted by Gasteiger charge is 2.46. The number of carbonyl (C=O) groups excluding carboxylic acids is 2. The lowest BCUT2D eigenvalue weighted by Crippen LogP contribution is -2.29. The van der Waals surface area contributed by atoms with Gasteiger partial charge in [-0.25, -0.2) is 0 Å². The quantitative estimate of drug-likeness (QED) is 0.186. The monoisotopic (exact) mass is 547 g/mol. The molecule has 1 heterocycles. The predicted molar refractivity (Wildman–Crippen MR) is 153 cm³/mol. The molecule has 6 nitrogen and oxygen atoms in total. The molecule has 0 saturated carbocycles. The summed E-state index contributed by atoms with van der Waals surface area (Å²) in [7, 11) is 0. The first-order valence-electron chi connectivity index (χ1n) is 13.1. The summed E-state index contributed by atoms with van der Waals surface area (Å²) in [6, 6.07) is 19.3. The molecule has 1 amide bonds. The van der Waals surface area contributed by atoms with Crippen molar-refractivity contribution in [3.05, 3.63) is 99.6 Å². The van der Waals surface area contributed by atoms with Gasteiger partial charge in [0.15, 0.2) is 0 Å². The molecule has 7 heteroatoms. The first-order chi connectivity index (χ1) is 18.5. The van der Waals surface area contributed by atoms with Gasteiger partial charge in [0.25, 0.3) is 11.7 Å². The summed E-state index contributed by atoms with van der Waals surface area (Å²) in [6.07, 6.45) is 0. The predicted octanol–water partition coefficient (Wildman–Crippen LogP) is 7.06. The SMILES string of the molecule is CCOc1ccc(CN2C(=O)C(=O)/C(=C(/O)c3cc(OCC)ccc3Cl)C2c2ccc(C(C)(C)C)cc2)cc1. The second kappa shape index (κ2) is 11.5. The topological polar surface area (TPSA) is 76.1 Å². The molecule has 1 aliphatic heterocycles. The van der Waals surface area contributed by atoms with E-state index in [1.807, 2.05) is 62.4 Å². The van der Waals surface area contributed by atoms with Crippen LogP contribution in [0, 0.1) is 0 Å². The van der Waals surface area contributed by atoms with E-state index in [4.69, 9.17) is 21.1 Å². The molecule has 39 heavy (non-hydrogen) atoms. The highest BCUT2D eigenvalue weighted by atomic mass is 35.5. The third-order valence-corrected chi connectivity index (χ3v) is 7.05. The van der Waals surface area contributed by atoms with Gasteiger partial charge in [-0.1, -0.05) is 68.8 Å². The number of likely N-dealkylation sites (tertiary alicyclic amines) is 1. The van der Waals surface area contributed by atoms with E-state index in [1.54, 1.807) is 18.2 Å². The minimum atomic E-state index is -0.808. The summed E-state index contributed by atoms with van der Waals surface area (Å²) < 4.78 is 11.1. The molecule has 3 aromatic rings. The number of nitrogens with zero attached hydrogens (tertiary/aromatic N) is 1. The van der Waals surface area contributed by atoms with Crippen molar-refractivity contribution in [2.75, 3.05) is 13.2 Å². The zero-order valence-corrected chi connectivity index (χ0v) is 23.7. The van der Waals surface area contributed by atoms with Crippen molar-refractivity contribution in [1.29, 1.82) is 0 Å². The summed E-state index contributed by atoms with van der Waals surface area (Å²) in [5, 5.41) is 11.7. The number of halogens is 1. The Balaban J connectivity index is 1.84. The van der Waals surface area contributed by atoms with Gasteiger partial charge in [-0.05, 0) is 66.3 Å². The molecule has 0 aromatic heterocycles. The van der Waals surface area contributed by atoms with Crippen LogP contribution in [0.25, 0.3) is 5.76 Å². The summed E-state index contributed by atoms with van der Waals surface area (Å²) >= 11 is 6.45. The second-order valence-corrected chi connectivity index (χ2v) is 10.9. The van der Waals surface area contributed by atoms with Crippen LogP contribution in [0.15, 0.2) is 72.3 Å². The zero-order chi connectivity index (χ0) is 28.3. The Kier molecular flexibility index (Phi) is 8.36. The lowest BCUT2D eigenvalue weighted by Gasteiger charge is -2.27. The molecular weight excluding hydrogens is 514 g/mol. The van der Waals surface area contributed by atoms with Crippen LogP contribution >= 0.6 is 11.6 Å². The average Bonchev–Trinajstić information content (AvgIpc) is 3.15. The van der Waals surface area contributed by atoms with Crippen LogP contribution in [-0.2, 0) is 21.5 Å². The molecule has 0 radical (unpaired) electrons. The van der Waals surface area contributed by atoms with Crippen molar-refractivity contribution in [1.82, 2.24) is 4.90 Å². The van der Waals surface area contributed by atoms with Gasteiger partial charge in [0.2, 0.25) is 0 Å². The average molecular weight is 548 g/mol. The minimum Gasteiger partial charge on any atom is -0.507 e. The van der Waals surface area contributed by atoms with E-state index in [1.165, 1.54) is 4.90 Å². The summed E-state index contributed by atoms with van der Waals surface area (Å²) in [5.41, 5.74) is 2.81. The number of rotatable bonds is 8.